The van der Waals surface area contributed by atoms with Crippen molar-refractivity contribution in [1.29, 1.82) is 0 Å². The van der Waals surface area contributed by atoms with Gasteiger partial charge in [-0.25, -0.2) is 0 Å². The number of hydrogen-bond donors (Lipinski definition) is 0. The van der Waals surface area contributed by atoms with Crippen molar-refractivity contribution in [2.75, 3.05) is 13.4 Å². The van der Waals surface area contributed by atoms with Crippen LogP contribution in [-0.2, 0) is 9.47 Å². The first kappa shape index (κ1) is 11.7. The minimum Gasteiger partial charge on any atom is -0.355 e. The van der Waals surface area contributed by atoms with Gasteiger partial charge in [0.15, 0.2) is 0 Å². The fraction of sp³-hybridized carbons (Fsp3) is 0.867. The van der Waals surface area contributed by atoms with E-state index in [1.807, 2.05) is 0 Å². The molecule has 1 saturated heterocycles. The van der Waals surface area contributed by atoms with E-state index in [0.717, 1.165) is 6.61 Å². The molecule has 2 nitrogen and oxygen atoms in total. The van der Waals surface area contributed by atoms with Crippen molar-refractivity contribution in [3.63, 3.8) is 0 Å². The van der Waals surface area contributed by atoms with E-state index in [4.69, 9.17) is 9.47 Å². The highest BCUT2D eigenvalue weighted by Crippen LogP contribution is 2.64. The second-order valence-corrected chi connectivity index (χ2v) is 7.12. The Morgan fingerprint density at radius 2 is 1.94 bits per heavy atom. The molecule has 0 spiro atoms. The highest BCUT2D eigenvalue weighted by Gasteiger charge is 2.60. The molecule has 0 unspecified atom stereocenters. The van der Waals surface area contributed by atoms with Gasteiger partial charge in [0.25, 0.3) is 0 Å². The lowest BCUT2D eigenvalue weighted by Gasteiger charge is -2.53. The van der Waals surface area contributed by atoms with E-state index in [0.29, 0.717) is 12.2 Å². The van der Waals surface area contributed by atoms with Crippen LogP contribution in [0.15, 0.2) is 11.6 Å². The van der Waals surface area contributed by atoms with Gasteiger partial charge in [-0.2, -0.15) is 0 Å². The number of ether oxygens (including phenoxy) is 2. The summed E-state index contributed by atoms with van der Waals surface area (Å²) in [7, 11) is 0. The van der Waals surface area contributed by atoms with Gasteiger partial charge in [0.2, 0.25) is 0 Å². The van der Waals surface area contributed by atoms with Gasteiger partial charge in [0, 0.05) is 5.41 Å². The van der Waals surface area contributed by atoms with E-state index in [-0.39, 0.29) is 16.9 Å². The summed E-state index contributed by atoms with van der Waals surface area (Å²) in [4.78, 5) is 0. The molecule has 17 heavy (non-hydrogen) atoms. The van der Waals surface area contributed by atoms with Gasteiger partial charge in [-0.1, -0.05) is 45.8 Å². The molecule has 1 aliphatic heterocycles. The molecule has 2 aliphatic carbocycles. The Kier molecular flexibility index (Phi) is 2.32. The molecule has 96 valence electrons. The molecule has 0 amide bonds. The minimum absolute atomic E-state index is 0.137. The Morgan fingerprint density at radius 1 is 1.18 bits per heavy atom. The molecule has 0 aromatic carbocycles. The predicted octanol–water partition coefficient (Wildman–Crippen LogP) is 3.52. The maximum atomic E-state index is 5.86. The fourth-order valence-corrected chi connectivity index (χ4v) is 4.40. The van der Waals surface area contributed by atoms with Crippen LogP contribution >= 0.6 is 0 Å². The van der Waals surface area contributed by atoms with Gasteiger partial charge in [-0.05, 0) is 23.7 Å². The van der Waals surface area contributed by atoms with Crippen LogP contribution in [0.25, 0.3) is 0 Å². The zero-order valence-electron chi connectivity index (χ0n) is 11.5. The van der Waals surface area contributed by atoms with Crippen LogP contribution in [0.1, 0.15) is 47.0 Å². The monoisotopic (exact) mass is 236 g/mol. The highest BCUT2D eigenvalue weighted by atomic mass is 16.7. The molecule has 0 N–H and O–H groups in total. The molecule has 3 rings (SSSR count). The van der Waals surface area contributed by atoms with Crippen LogP contribution in [0, 0.1) is 16.2 Å². The second kappa shape index (κ2) is 3.36. The summed E-state index contributed by atoms with van der Waals surface area (Å²) in [5, 5.41) is 0. The van der Waals surface area contributed by atoms with E-state index in [1.54, 1.807) is 5.57 Å². The Bertz CT molecular complexity index is 371. The van der Waals surface area contributed by atoms with Crippen molar-refractivity contribution < 1.29 is 9.47 Å². The van der Waals surface area contributed by atoms with Crippen molar-refractivity contribution in [1.82, 2.24) is 0 Å². The van der Waals surface area contributed by atoms with Crippen molar-refractivity contribution >= 4 is 0 Å². The summed E-state index contributed by atoms with van der Waals surface area (Å²) >= 11 is 0. The third-order valence-corrected chi connectivity index (χ3v) is 5.74. The summed E-state index contributed by atoms with van der Waals surface area (Å²) in [6.07, 6.45) is 6.58. The summed E-state index contributed by atoms with van der Waals surface area (Å²) < 4.78 is 11.5. The second-order valence-electron chi connectivity index (χ2n) is 7.12. The maximum absolute atomic E-state index is 5.86. The van der Waals surface area contributed by atoms with Crippen molar-refractivity contribution in [3.8, 4) is 0 Å². The zero-order valence-corrected chi connectivity index (χ0v) is 11.5. The zero-order chi connectivity index (χ0) is 12.3. The lowest BCUT2D eigenvalue weighted by Crippen LogP contribution is -2.51. The van der Waals surface area contributed by atoms with Gasteiger partial charge in [-0.3, -0.25) is 0 Å². The number of rotatable bonds is 0. The van der Waals surface area contributed by atoms with Crippen molar-refractivity contribution in [2.24, 2.45) is 16.2 Å². The Balaban J connectivity index is 2.08. The molecule has 3 aliphatic rings. The quantitative estimate of drug-likeness (QED) is 0.599. The third kappa shape index (κ3) is 1.34. The molecule has 1 saturated carbocycles. The topological polar surface area (TPSA) is 18.5 Å². The van der Waals surface area contributed by atoms with E-state index in [9.17, 15) is 0 Å². The summed E-state index contributed by atoms with van der Waals surface area (Å²) in [5.41, 5.74) is 2.35. The Morgan fingerprint density at radius 3 is 2.71 bits per heavy atom. The molecule has 2 heteroatoms. The average molecular weight is 236 g/mol. The smallest absolute Gasteiger partial charge is 0.147 e. The first-order valence-electron chi connectivity index (χ1n) is 6.82. The first-order valence-corrected chi connectivity index (χ1v) is 6.82. The maximum Gasteiger partial charge on any atom is 0.147 e. The molecule has 2 fully saturated rings. The SMILES string of the molecule is CC1(C)CCC[C@@]2(C)C1=C[C@@H]1OCOC[C@@]12C. The molecular weight excluding hydrogens is 212 g/mol. The summed E-state index contributed by atoms with van der Waals surface area (Å²) in [6, 6.07) is 0. The van der Waals surface area contributed by atoms with Crippen LogP contribution in [-0.4, -0.2) is 19.5 Å². The van der Waals surface area contributed by atoms with Gasteiger partial charge >= 0.3 is 0 Å². The van der Waals surface area contributed by atoms with E-state index < -0.39 is 0 Å². The van der Waals surface area contributed by atoms with Crippen molar-refractivity contribution in [2.45, 2.75) is 53.1 Å². The van der Waals surface area contributed by atoms with Crippen LogP contribution in [0.3, 0.4) is 0 Å². The molecule has 0 aromatic rings. The van der Waals surface area contributed by atoms with E-state index >= 15 is 0 Å². The van der Waals surface area contributed by atoms with Gasteiger partial charge in [-0.15, -0.1) is 0 Å². The first-order chi connectivity index (χ1) is 7.90. The Hall–Kier alpha value is -0.340. The Labute approximate surface area is 104 Å². The molecular formula is C15H24O2. The normalized spacial score (nSPS) is 48.2. The number of fused-ring (bicyclic) bond motifs is 3. The standard InChI is InChI=1S/C15H24O2/c1-13(2)6-5-7-14(3)11(13)8-12-15(14,4)9-16-10-17-12/h8,12H,5-7,9-10H2,1-4H3/t12-,14-,15-/m0/s1. The largest absolute Gasteiger partial charge is 0.355 e. The van der Waals surface area contributed by atoms with Crippen molar-refractivity contribution in [3.05, 3.63) is 11.6 Å². The van der Waals surface area contributed by atoms with Crippen LogP contribution in [0.5, 0.6) is 0 Å². The predicted molar refractivity (Wildman–Crippen MR) is 67.6 cm³/mol. The van der Waals surface area contributed by atoms with Gasteiger partial charge in [0.05, 0.1) is 12.7 Å². The molecule has 1 heterocycles. The lowest BCUT2D eigenvalue weighted by molar-refractivity contribution is -0.211. The average Bonchev–Trinajstić information content (AvgIpc) is 2.49. The highest BCUT2D eigenvalue weighted by molar-refractivity contribution is 5.36. The van der Waals surface area contributed by atoms with E-state index in [1.165, 1.54) is 19.3 Å². The van der Waals surface area contributed by atoms with E-state index in [2.05, 4.69) is 33.8 Å². The summed E-state index contributed by atoms with van der Waals surface area (Å²) in [6.45, 7) is 10.8. The lowest BCUT2D eigenvalue weighted by atomic mass is 9.54. The van der Waals surface area contributed by atoms with Crippen LogP contribution in [0.4, 0.5) is 0 Å². The number of hydrogen-bond acceptors (Lipinski definition) is 2. The fourth-order valence-electron chi connectivity index (χ4n) is 4.40. The minimum atomic E-state index is 0.137. The van der Waals surface area contributed by atoms with Crippen LogP contribution < -0.4 is 0 Å². The van der Waals surface area contributed by atoms with Gasteiger partial charge in [0.1, 0.15) is 6.79 Å². The molecule has 0 aromatic heterocycles. The molecule has 0 bridgehead atoms. The third-order valence-electron chi connectivity index (χ3n) is 5.74. The van der Waals surface area contributed by atoms with Crippen LogP contribution in [0.2, 0.25) is 0 Å². The van der Waals surface area contributed by atoms with Gasteiger partial charge < -0.3 is 9.47 Å². The number of allylic oxidation sites excluding steroid dienone is 1. The molecule has 3 atom stereocenters. The summed E-state index contributed by atoms with van der Waals surface area (Å²) in [5.74, 6) is 0. The molecule has 0 radical (unpaired) electrons.